The molecular formula is C37H42ClN3O5S2. The number of thioether (sulfide) groups is 1. The van der Waals surface area contributed by atoms with Crippen molar-refractivity contribution in [2.45, 2.75) is 55.5 Å². The number of carbonyl (C=O) groups is 2. The number of sulfonamides is 1. The Morgan fingerprint density at radius 1 is 0.875 bits per heavy atom. The first kappa shape index (κ1) is 36.8. The fourth-order valence-corrected chi connectivity index (χ4v) is 7.13. The molecular weight excluding hydrogens is 666 g/mol. The SMILES string of the molecule is CCCCNC(=O)[C@@H](Cc1ccccc1)N(Cc1ccc(Cl)cc1)C(=O)CN(c1ccccc1OCC)S(=O)(=O)c1ccc(SC)cc1. The third kappa shape index (κ3) is 9.78. The average Bonchev–Trinajstić information content (AvgIpc) is 3.10. The lowest BCUT2D eigenvalue weighted by Gasteiger charge is -2.34. The number of anilines is 1. The highest BCUT2D eigenvalue weighted by atomic mass is 35.5. The second kappa shape index (κ2) is 18.0. The Balaban J connectivity index is 1.82. The molecule has 2 amide bonds. The molecule has 48 heavy (non-hydrogen) atoms. The van der Waals surface area contributed by atoms with Crippen LogP contribution in [0, 0.1) is 0 Å². The van der Waals surface area contributed by atoms with E-state index in [-0.39, 0.29) is 29.5 Å². The van der Waals surface area contributed by atoms with Gasteiger partial charge in [-0.3, -0.25) is 13.9 Å². The average molecular weight is 708 g/mol. The molecule has 0 spiro atoms. The van der Waals surface area contributed by atoms with Crippen molar-refractivity contribution in [3.8, 4) is 5.75 Å². The van der Waals surface area contributed by atoms with Crippen LogP contribution in [0.25, 0.3) is 0 Å². The maximum absolute atomic E-state index is 14.7. The van der Waals surface area contributed by atoms with E-state index >= 15 is 0 Å². The summed E-state index contributed by atoms with van der Waals surface area (Å²) in [5.74, 6) is -0.543. The third-order valence-electron chi connectivity index (χ3n) is 7.73. The molecule has 8 nitrogen and oxygen atoms in total. The van der Waals surface area contributed by atoms with Gasteiger partial charge in [-0.1, -0.05) is 79.5 Å². The number of carbonyl (C=O) groups excluding carboxylic acids is 2. The first-order valence-electron chi connectivity index (χ1n) is 15.9. The summed E-state index contributed by atoms with van der Waals surface area (Å²) >= 11 is 7.67. The van der Waals surface area contributed by atoms with Crippen molar-refractivity contribution in [3.63, 3.8) is 0 Å². The number of rotatable bonds is 17. The molecule has 0 fully saturated rings. The summed E-state index contributed by atoms with van der Waals surface area (Å²) in [5.41, 5.74) is 1.83. The Morgan fingerprint density at radius 3 is 2.19 bits per heavy atom. The molecule has 0 aliphatic carbocycles. The Bertz CT molecular complexity index is 1740. The highest BCUT2D eigenvalue weighted by molar-refractivity contribution is 7.98. The second-order valence-electron chi connectivity index (χ2n) is 11.1. The van der Waals surface area contributed by atoms with Crippen molar-refractivity contribution in [2.24, 2.45) is 0 Å². The standard InChI is InChI=1S/C37H42ClN3O5S2/c1-4-6-24-39-37(43)34(25-28-12-8-7-9-13-28)40(26-29-16-18-30(38)19-17-29)36(42)27-41(33-14-10-11-15-35(33)46-5-2)48(44,45)32-22-20-31(47-3)21-23-32/h7-23,34H,4-6,24-27H2,1-3H3,(H,39,43)/t34-/m1/s1. The van der Waals surface area contributed by atoms with Gasteiger partial charge < -0.3 is 15.0 Å². The van der Waals surface area contributed by atoms with Gasteiger partial charge in [0.15, 0.2) is 0 Å². The van der Waals surface area contributed by atoms with Gasteiger partial charge in [-0.15, -0.1) is 11.8 Å². The summed E-state index contributed by atoms with van der Waals surface area (Å²) in [4.78, 5) is 31.0. The topological polar surface area (TPSA) is 96.0 Å². The first-order valence-corrected chi connectivity index (χ1v) is 19.0. The van der Waals surface area contributed by atoms with Gasteiger partial charge in [0.2, 0.25) is 11.8 Å². The van der Waals surface area contributed by atoms with E-state index in [0.29, 0.717) is 23.9 Å². The summed E-state index contributed by atoms with van der Waals surface area (Å²) in [6.45, 7) is 4.07. The summed E-state index contributed by atoms with van der Waals surface area (Å²) < 4.78 is 35.7. The van der Waals surface area contributed by atoms with Gasteiger partial charge in [0.05, 0.1) is 17.2 Å². The van der Waals surface area contributed by atoms with Gasteiger partial charge in [-0.25, -0.2) is 8.42 Å². The number of unbranched alkanes of at least 4 members (excludes halogenated alkanes) is 1. The Morgan fingerprint density at radius 2 is 1.54 bits per heavy atom. The molecule has 11 heteroatoms. The third-order valence-corrected chi connectivity index (χ3v) is 10.5. The number of ether oxygens (including phenoxy) is 1. The molecule has 254 valence electrons. The Labute approximate surface area is 293 Å². The van der Waals surface area contributed by atoms with Crippen LogP contribution in [0.15, 0.2) is 113 Å². The molecule has 0 bridgehead atoms. The lowest BCUT2D eigenvalue weighted by atomic mass is 10.0. The van der Waals surface area contributed by atoms with E-state index in [9.17, 15) is 18.0 Å². The van der Waals surface area contributed by atoms with Crippen LogP contribution in [0.4, 0.5) is 5.69 Å². The number of benzene rings is 4. The van der Waals surface area contributed by atoms with Crippen LogP contribution < -0.4 is 14.4 Å². The monoisotopic (exact) mass is 707 g/mol. The van der Waals surface area contributed by atoms with Crippen LogP contribution in [0.3, 0.4) is 0 Å². The molecule has 0 aliphatic rings. The zero-order valence-corrected chi connectivity index (χ0v) is 29.9. The molecule has 0 radical (unpaired) electrons. The number of hydrogen-bond acceptors (Lipinski definition) is 6. The molecule has 4 aromatic carbocycles. The first-order chi connectivity index (χ1) is 23.2. The van der Waals surface area contributed by atoms with E-state index in [2.05, 4.69) is 5.32 Å². The van der Waals surface area contributed by atoms with Crippen LogP contribution in [0.1, 0.15) is 37.8 Å². The fourth-order valence-electron chi connectivity index (χ4n) is 5.18. The van der Waals surface area contributed by atoms with Crippen molar-refractivity contribution >= 4 is 50.9 Å². The van der Waals surface area contributed by atoms with Crippen LogP contribution >= 0.6 is 23.4 Å². The van der Waals surface area contributed by atoms with Gasteiger partial charge in [0.1, 0.15) is 18.3 Å². The molecule has 0 aromatic heterocycles. The van der Waals surface area contributed by atoms with E-state index in [1.807, 2.05) is 43.5 Å². The highest BCUT2D eigenvalue weighted by Crippen LogP contribution is 2.33. The van der Waals surface area contributed by atoms with Gasteiger partial charge >= 0.3 is 0 Å². The number of amides is 2. The minimum Gasteiger partial charge on any atom is -0.492 e. The normalized spacial score (nSPS) is 11.8. The molecule has 1 atom stereocenters. The quantitative estimate of drug-likeness (QED) is 0.0921. The van der Waals surface area contributed by atoms with Crippen LogP contribution in [0.2, 0.25) is 5.02 Å². The summed E-state index contributed by atoms with van der Waals surface area (Å²) in [6.07, 6.45) is 3.81. The smallest absolute Gasteiger partial charge is 0.264 e. The van der Waals surface area contributed by atoms with E-state index < -0.39 is 28.5 Å². The predicted octanol–water partition coefficient (Wildman–Crippen LogP) is 7.21. The summed E-state index contributed by atoms with van der Waals surface area (Å²) in [5, 5.41) is 3.54. The predicted molar refractivity (Wildman–Crippen MR) is 194 cm³/mol. The maximum atomic E-state index is 14.7. The second-order valence-corrected chi connectivity index (χ2v) is 14.3. The Hall–Kier alpha value is -3.99. The van der Waals surface area contributed by atoms with Gasteiger partial charge in [-0.05, 0) is 79.3 Å². The van der Waals surface area contributed by atoms with Gasteiger partial charge in [0.25, 0.3) is 10.0 Å². The van der Waals surface area contributed by atoms with Crippen molar-refractivity contribution in [3.05, 3.63) is 119 Å². The maximum Gasteiger partial charge on any atom is 0.264 e. The van der Waals surface area contributed by atoms with Crippen molar-refractivity contribution < 1.29 is 22.7 Å². The number of nitrogens with one attached hydrogen (secondary N) is 1. The zero-order valence-electron chi connectivity index (χ0n) is 27.5. The van der Waals surface area contributed by atoms with Crippen LogP contribution in [-0.2, 0) is 32.6 Å². The number of para-hydroxylation sites is 2. The molecule has 4 aromatic rings. The number of hydrogen-bond donors (Lipinski definition) is 1. The van der Waals surface area contributed by atoms with E-state index in [0.717, 1.165) is 33.2 Å². The molecule has 0 saturated carbocycles. The number of halogens is 1. The summed E-state index contributed by atoms with van der Waals surface area (Å²) in [7, 11) is -4.27. The molecule has 0 aliphatic heterocycles. The molecule has 0 unspecified atom stereocenters. The van der Waals surface area contributed by atoms with Crippen LogP contribution in [0.5, 0.6) is 5.75 Å². The van der Waals surface area contributed by atoms with Crippen LogP contribution in [-0.4, -0.2) is 57.1 Å². The fraction of sp³-hybridized carbons (Fsp3) is 0.297. The van der Waals surface area contributed by atoms with E-state index in [1.165, 1.54) is 28.8 Å². The van der Waals surface area contributed by atoms with Crippen molar-refractivity contribution in [1.82, 2.24) is 10.2 Å². The zero-order chi connectivity index (χ0) is 34.5. The van der Waals surface area contributed by atoms with Crippen molar-refractivity contribution in [1.29, 1.82) is 0 Å². The molecule has 4 rings (SSSR count). The highest BCUT2D eigenvalue weighted by Gasteiger charge is 2.35. The van der Waals surface area contributed by atoms with E-state index in [4.69, 9.17) is 16.3 Å². The van der Waals surface area contributed by atoms with Gasteiger partial charge in [-0.2, -0.15) is 0 Å². The lowest BCUT2D eigenvalue weighted by Crippen LogP contribution is -2.53. The van der Waals surface area contributed by atoms with Gasteiger partial charge in [0, 0.05) is 29.4 Å². The minimum atomic E-state index is -4.27. The summed E-state index contributed by atoms with van der Waals surface area (Å²) in [6, 6.07) is 28.8. The largest absolute Gasteiger partial charge is 0.492 e. The van der Waals surface area contributed by atoms with Crippen molar-refractivity contribution in [2.75, 3.05) is 30.3 Å². The minimum absolute atomic E-state index is 0.0294. The molecule has 0 heterocycles. The molecule has 0 saturated heterocycles. The molecule has 1 N–H and O–H groups in total. The van der Waals surface area contributed by atoms with E-state index in [1.54, 1.807) is 67.6 Å². The Kier molecular flexibility index (Phi) is 13.8. The number of nitrogens with zero attached hydrogens (tertiary/aromatic N) is 2. The lowest BCUT2D eigenvalue weighted by molar-refractivity contribution is -0.140.